The number of carbonyl (C=O) groups excluding carboxylic acids is 1. The van der Waals surface area contributed by atoms with E-state index in [1.165, 1.54) is 7.11 Å². The lowest BCUT2D eigenvalue weighted by Gasteiger charge is -2.15. The van der Waals surface area contributed by atoms with E-state index in [9.17, 15) is 4.79 Å². The summed E-state index contributed by atoms with van der Waals surface area (Å²) in [4.78, 5) is 10.7. The van der Waals surface area contributed by atoms with Gasteiger partial charge in [-0.05, 0) is 19.3 Å². The number of ether oxygens (including phenoxy) is 2. The van der Waals surface area contributed by atoms with Crippen LogP contribution in [-0.2, 0) is 14.3 Å². The third kappa shape index (κ3) is 4.26. The number of esters is 1. The zero-order valence-corrected chi connectivity index (χ0v) is 9.22. The van der Waals surface area contributed by atoms with E-state index in [0.29, 0.717) is 13.0 Å². The summed E-state index contributed by atoms with van der Waals surface area (Å²) in [6.45, 7) is 0.422. The zero-order valence-electron chi connectivity index (χ0n) is 8.40. The lowest BCUT2D eigenvalue weighted by atomic mass is 10.2. The average Bonchev–Trinajstić information content (AvgIpc) is 2.52. The summed E-state index contributed by atoms with van der Waals surface area (Å²) < 4.78 is 9.95. The molecule has 1 rings (SSSR count). The zero-order chi connectivity index (χ0) is 9.68. The third-order valence-corrected chi connectivity index (χ3v) is 2.37. The number of hydrogen-bond acceptors (Lipinski definition) is 4. The van der Waals surface area contributed by atoms with Crippen LogP contribution < -0.4 is 5.73 Å². The van der Waals surface area contributed by atoms with Gasteiger partial charge in [0.25, 0.3) is 0 Å². The fraction of sp³-hybridized carbons (Fsp3) is 0.889. The van der Waals surface area contributed by atoms with Crippen molar-refractivity contribution >= 4 is 18.4 Å². The highest BCUT2D eigenvalue weighted by Gasteiger charge is 2.24. The van der Waals surface area contributed by atoms with Gasteiger partial charge in [0.2, 0.25) is 0 Å². The van der Waals surface area contributed by atoms with Gasteiger partial charge < -0.3 is 15.2 Å². The minimum atomic E-state index is -0.230. The minimum Gasteiger partial charge on any atom is -0.469 e. The van der Waals surface area contributed by atoms with Gasteiger partial charge in [0.05, 0.1) is 26.2 Å². The van der Waals surface area contributed by atoms with Crippen molar-refractivity contribution < 1.29 is 14.3 Å². The van der Waals surface area contributed by atoms with Crippen LogP contribution in [0.2, 0.25) is 0 Å². The van der Waals surface area contributed by atoms with Gasteiger partial charge in [-0.25, -0.2) is 0 Å². The Morgan fingerprint density at radius 1 is 1.50 bits per heavy atom. The van der Waals surface area contributed by atoms with Crippen molar-refractivity contribution in [2.75, 3.05) is 13.7 Å². The topological polar surface area (TPSA) is 61.5 Å². The van der Waals surface area contributed by atoms with Gasteiger partial charge >= 0.3 is 5.97 Å². The molecule has 2 atom stereocenters. The smallest absolute Gasteiger partial charge is 0.307 e. The molecule has 1 saturated carbocycles. The number of rotatable bonds is 4. The Hall–Kier alpha value is -0.320. The third-order valence-electron chi connectivity index (χ3n) is 2.37. The molecule has 0 aromatic heterocycles. The molecule has 1 aliphatic carbocycles. The molecule has 0 aromatic rings. The van der Waals surface area contributed by atoms with Crippen molar-refractivity contribution in [3.63, 3.8) is 0 Å². The van der Waals surface area contributed by atoms with Crippen molar-refractivity contribution in [1.29, 1.82) is 0 Å². The molecule has 84 valence electrons. The number of carbonyl (C=O) groups is 1. The van der Waals surface area contributed by atoms with E-state index in [0.717, 1.165) is 19.3 Å². The maximum atomic E-state index is 10.7. The first-order valence-corrected chi connectivity index (χ1v) is 4.68. The van der Waals surface area contributed by atoms with Crippen LogP contribution in [0.4, 0.5) is 0 Å². The summed E-state index contributed by atoms with van der Waals surface area (Å²) >= 11 is 0. The van der Waals surface area contributed by atoms with Gasteiger partial charge in [-0.2, -0.15) is 0 Å². The minimum absolute atomic E-state index is 0. The number of halogens is 1. The quantitative estimate of drug-likeness (QED) is 0.719. The maximum Gasteiger partial charge on any atom is 0.307 e. The molecular weight excluding hydrogens is 206 g/mol. The highest BCUT2D eigenvalue weighted by Crippen LogP contribution is 2.20. The Morgan fingerprint density at radius 2 is 2.21 bits per heavy atom. The van der Waals surface area contributed by atoms with Crippen molar-refractivity contribution in [3.8, 4) is 0 Å². The highest BCUT2D eigenvalue weighted by atomic mass is 35.5. The molecule has 14 heavy (non-hydrogen) atoms. The monoisotopic (exact) mass is 223 g/mol. The predicted octanol–water partition coefficient (Wildman–Crippen LogP) is 0.868. The van der Waals surface area contributed by atoms with Crippen LogP contribution >= 0.6 is 12.4 Å². The van der Waals surface area contributed by atoms with Gasteiger partial charge in [0.15, 0.2) is 0 Å². The molecule has 1 aliphatic rings. The summed E-state index contributed by atoms with van der Waals surface area (Å²) in [7, 11) is 1.38. The van der Waals surface area contributed by atoms with Crippen LogP contribution in [0.5, 0.6) is 0 Å². The van der Waals surface area contributed by atoms with E-state index in [4.69, 9.17) is 10.5 Å². The lowest BCUT2D eigenvalue weighted by Crippen LogP contribution is -2.31. The molecule has 0 radical (unpaired) electrons. The van der Waals surface area contributed by atoms with Gasteiger partial charge in [-0.15, -0.1) is 12.4 Å². The Labute approximate surface area is 90.5 Å². The molecular formula is C9H18ClNO3. The SMILES string of the molecule is COC(=O)CCO[C@@H]1CCC[C@H]1N.Cl. The van der Waals surface area contributed by atoms with Crippen LogP contribution in [0.15, 0.2) is 0 Å². The normalized spacial score (nSPS) is 25.6. The summed E-state index contributed by atoms with van der Waals surface area (Å²) in [5.74, 6) is -0.230. The molecule has 0 amide bonds. The van der Waals surface area contributed by atoms with Gasteiger partial charge in [0.1, 0.15) is 0 Å². The van der Waals surface area contributed by atoms with Gasteiger partial charge in [-0.1, -0.05) is 0 Å². The fourth-order valence-electron chi connectivity index (χ4n) is 1.56. The summed E-state index contributed by atoms with van der Waals surface area (Å²) in [5.41, 5.74) is 5.79. The van der Waals surface area contributed by atoms with Crippen LogP contribution in [0.3, 0.4) is 0 Å². The second-order valence-electron chi connectivity index (χ2n) is 3.33. The van der Waals surface area contributed by atoms with E-state index < -0.39 is 0 Å². The Balaban J connectivity index is 0.00000169. The van der Waals surface area contributed by atoms with E-state index in [1.54, 1.807) is 0 Å². The first-order valence-electron chi connectivity index (χ1n) is 4.68. The van der Waals surface area contributed by atoms with Crippen LogP contribution in [0.1, 0.15) is 25.7 Å². The van der Waals surface area contributed by atoms with E-state index in [2.05, 4.69) is 4.74 Å². The fourth-order valence-corrected chi connectivity index (χ4v) is 1.56. The molecule has 0 aliphatic heterocycles. The molecule has 4 nitrogen and oxygen atoms in total. The van der Waals surface area contributed by atoms with E-state index >= 15 is 0 Å². The van der Waals surface area contributed by atoms with Crippen molar-refractivity contribution in [2.24, 2.45) is 5.73 Å². The Morgan fingerprint density at radius 3 is 2.71 bits per heavy atom. The number of hydrogen-bond donors (Lipinski definition) is 1. The lowest BCUT2D eigenvalue weighted by molar-refractivity contribution is -0.142. The van der Waals surface area contributed by atoms with E-state index in [1.807, 2.05) is 0 Å². The molecule has 0 spiro atoms. The standard InChI is InChI=1S/C9H17NO3.ClH/c1-12-9(11)5-6-13-8-4-2-3-7(8)10;/h7-8H,2-6,10H2,1H3;1H/t7-,8-;/m1./s1. The largest absolute Gasteiger partial charge is 0.469 e. The highest BCUT2D eigenvalue weighted by molar-refractivity contribution is 5.85. The first kappa shape index (κ1) is 13.7. The van der Waals surface area contributed by atoms with Crippen LogP contribution in [0, 0.1) is 0 Å². The average molecular weight is 224 g/mol. The van der Waals surface area contributed by atoms with Crippen molar-refractivity contribution in [3.05, 3.63) is 0 Å². The molecule has 0 saturated heterocycles. The van der Waals surface area contributed by atoms with Gasteiger partial charge in [-0.3, -0.25) is 4.79 Å². The second kappa shape index (κ2) is 7.04. The Kier molecular flexibility index (Phi) is 6.87. The summed E-state index contributed by atoms with van der Waals surface area (Å²) in [6.07, 6.45) is 3.64. The molecule has 0 aromatic carbocycles. The number of methoxy groups -OCH3 is 1. The van der Waals surface area contributed by atoms with Crippen molar-refractivity contribution in [1.82, 2.24) is 0 Å². The molecule has 0 bridgehead atoms. The molecule has 2 N–H and O–H groups in total. The first-order chi connectivity index (χ1) is 6.24. The molecule has 0 unspecified atom stereocenters. The summed E-state index contributed by atoms with van der Waals surface area (Å²) in [5, 5.41) is 0. The second-order valence-corrected chi connectivity index (χ2v) is 3.33. The van der Waals surface area contributed by atoms with Crippen molar-refractivity contribution in [2.45, 2.75) is 37.8 Å². The van der Waals surface area contributed by atoms with Gasteiger partial charge in [0, 0.05) is 6.04 Å². The van der Waals surface area contributed by atoms with Crippen LogP contribution in [0.25, 0.3) is 0 Å². The van der Waals surface area contributed by atoms with Crippen LogP contribution in [-0.4, -0.2) is 31.8 Å². The van der Waals surface area contributed by atoms with E-state index in [-0.39, 0.29) is 30.5 Å². The number of nitrogens with two attached hydrogens (primary N) is 1. The molecule has 1 fully saturated rings. The Bertz CT molecular complexity index is 177. The molecule has 0 heterocycles. The molecule has 5 heteroatoms. The summed E-state index contributed by atoms with van der Waals surface area (Å²) in [6, 6.07) is 0.151. The predicted molar refractivity (Wildman–Crippen MR) is 55.4 cm³/mol. The maximum absolute atomic E-state index is 10.7.